The van der Waals surface area contributed by atoms with Crippen LogP contribution in [0.4, 0.5) is 4.39 Å². The molecule has 2 rings (SSSR count). The lowest BCUT2D eigenvalue weighted by Crippen LogP contribution is -2.50. The number of benzene rings is 1. The maximum Gasteiger partial charge on any atom is 0.329 e. The molecular weight excluding hydrogens is 341 g/mol. The third kappa shape index (κ3) is 3.15. The van der Waals surface area contributed by atoms with E-state index in [9.17, 15) is 19.1 Å². The highest BCUT2D eigenvalue weighted by molar-refractivity contribution is 9.10. The molecule has 1 amide bonds. The van der Waals surface area contributed by atoms with Gasteiger partial charge in [-0.2, -0.15) is 0 Å². The normalized spacial score (nSPS) is 22.0. The van der Waals surface area contributed by atoms with E-state index >= 15 is 0 Å². The number of carbonyl (C=O) groups excluding carboxylic acids is 1. The van der Waals surface area contributed by atoms with E-state index in [0.717, 1.165) is 0 Å². The fourth-order valence-electron chi connectivity index (χ4n) is 2.43. The fraction of sp³-hybridized carbons (Fsp3) is 0.333. The molecule has 4 nitrogen and oxygen atoms in total. The maximum absolute atomic E-state index is 13.6. The van der Waals surface area contributed by atoms with Gasteiger partial charge in [-0.1, -0.05) is 15.9 Å². The van der Waals surface area contributed by atoms with Crippen LogP contribution in [0.5, 0.6) is 0 Å². The number of nitrogens with zero attached hydrogens (tertiary/aromatic N) is 1. The summed E-state index contributed by atoms with van der Waals surface area (Å²) in [5, 5.41) is 9.27. The lowest BCUT2D eigenvalue weighted by molar-refractivity contribution is -0.153. The number of hydrogen-bond acceptors (Lipinski definition) is 2. The lowest BCUT2D eigenvalue weighted by Gasteiger charge is -2.30. The van der Waals surface area contributed by atoms with Gasteiger partial charge in [0.15, 0.2) is 0 Å². The van der Waals surface area contributed by atoms with E-state index in [4.69, 9.17) is 0 Å². The van der Waals surface area contributed by atoms with Crippen LogP contribution in [-0.2, 0) is 9.59 Å². The van der Waals surface area contributed by atoms with E-state index in [-0.39, 0.29) is 5.56 Å². The first-order valence-corrected chi connectivity index (χ1v) is 7.32. The van der Waals surface area contributed by atoms with Gasteiger partial charge in [0, 0.05) is 22.7 Å². The smallest absolute Gasteiger partial charge is 0.329 e. The van der Waals surface area contributed by atoms with Gasteiger partial charge in [-0.05, 0) is 44.0 Å². The molecule has 21 heavy (non-hydrogen) atoms. The molecule has 0 saturated carbocycles. The molecular formula is C15H15BrFNO3. The largest absolute Gasteiger partial charge is 0.480 e. The molecule has 0 bridgehead atoms. The number of aliphatic carboxylic acids is 1. The average Bonchev–Trinajstić information content (AvgIpc) is 2.83. The van der Waals surface area contributed by atoms with Crippen molar-refractivity contribution in [2.24, 2.45) is 0 Å². The van der Waals surface area contributed by atoms with Gasteiger partial charge in [-0.25, -0.2) is 9.18 Å². The van der Waals surface area contributed by atoms with Crippen LogP contribution in [0.2, 0.25) is 0 Å². The zero-order valence-electron chi connectivity index (χ0n) is 11.5. The SMILES string of the molecule is CC1(C(=O)O)CCCN1C(=O)C=Cc1cc(Br)ccc1F. The van der Waals surface area contributed by atoms with Crippen molar-refractivity contribution in [3.8, 4) is 0 Å². The fourth-order valence-corrected chi connectivity index (χ4v) is 2.81. The predicted octanol–water partition coefficient (Wildman–Crippen LogP) is 3.07. The van der Waals surface area contributed by atoms with Gasteiger partial charge < -0.3 is 10.0 Å². The molecule has 0 aromatic heterocycles. The number of hydrogen-bond donors (Lipinski definition) is 1. The molecule has 1 aromatic carbocycles. The van der Waals surface area contributed by atoms with Crippen LogP contribution in [0, 0.1) is 5.82 Å². The Labute approximate surface area is 130 Å². The molecule has 1 aromatic rings. The van der Waals surface area contributed by atoms with Crippen LogP contribution in [0.15, 0.2) is 28.7 Å². The topological polar surface area (TPSA) is 57.6 Å². The van der Waals surface area contributed by atoms with Gasteiger partial charge in [0.1, 0.15) is 11.4 Å². The molecule has 1 N–H and O–H groups in total. The molecule has 1 saturated heterocycles. The molecule has 0 radical (unpaired) electrons. The van der Waals surface area contributed by atoms with Crippen molar-refractivity contribution in [1.29, 1.82) is 0 Å². The summed E-state index contributed by atoms with van der Waals surface area (Å²) in [5.41, 5.74) is -0.911. The standard InChI is InChI=1S/C15H15BrFNO3/c1-15(14(20)21)7-2-8-18(15)13(19)6-3-10-9-11(16)4-5-12(10)17/h3-6,9H,2,7-8H2,1H3,(H,20,21). The minimum absolute atomic E-state index is 0.272. The van der Waals surface area contributed by atoms with Gasteiger partial charge in [0.25, 0.3) is 0 Å². The van der Waals surface area contributed by atoms with Crippen molar-refractivity contribution in [3.63, 3.8) is 0 Å². The minimum Gasteiger partial charge on any atom is -0.480 e. The summed E-state index contributed by atoms with van der Waals surface area (Å²) >= 11 is 3.23. The Hall–Kier alpha value is -1.69. The van der Waals surface area contributed by atoms with Crippen LogP contribution >= 0.6 is 15.9 Å². The van der Waals surface area contributed by atoms with E-state index in [1.165, 1.54) is 30.0 Å². The summed E-state index contributed by atoms with van der Waals surface area (Å²) in [6.45, 7) is 1.93. The van der Waals surface area contributed by atoms with Crippen molar-refractivity contribution in [2.45, 2.75) is 25.3 Å². The third-order valence-electron chi connectivity index (χ3n) is 3.73. The number of carboxylic acid groups (broad SMARTS) is 1. The maximum atomic E-state index is 13.6. The van der Waals surface area contributed by atoms with Crippen molar-refractivity contribution < 1.29 is 19.1 Å². The number of likely N-dealkylation sites (tertiary alicyclic amines) is 1. The Bertz CT molecular complexity index is 617. The zero-order valence-corrected chi connectivity index (χ0v) is 13.1. The van der Waals surface area contributed by atoms with E-state index in [2.05, 4.69) is 15.9 Å². The summed E-state index contributed by atoms with van der Waals surface area (Å²) in [4.78, 5) is 24.8. The number of carbonyl (C=O) groups is 2. The second kappa shape index (κ2) is 5.97. The van der Waals surface area contributed by atoms with Crippen molar-refractivity contribution >= 4 is 33.9 Å². The number of carboxylic acids is 1. The summed E-state index contributed by atoms with van der Waals surface area (Å²) in [7, 11) is 0. The van der Waals surface area contributed by atoms with Gasteiger partial charge in [0.2, 0.25) is 5.91 Å². The van der Waals surface area contributed by atoms with E-state index in [0.29, 0.717) is 23.9 Å². The highest BCUT2D eigenvalue weighted by atomic mass is 79.9. The molecule has 0 aliphatic carbocycles. The van der Waals surface area contributed by atoms with Crippen LogP contribution in [-0.4, -0.2) is 34.0 Å². The van der Waals surface area contributed by atoms with Gasteiger partial charge in [-0.3, -0.25) is 4.79 Å². The van der Waals surface area contributed by atoms with E-state index < -0.39 is 23.2 Å². The van der Waals surface area contributed by atoms with Crippen LogP contribution in [0.25, 0.3) is 6.08 Å². The lowest BCUT2D eigenvalue weighted by atomic mass is 9.99. The van der Waals surface area contributed by atoms with Crippen molar-refractivity contribution in [1.82, 2.24) is 4.90 Å². The van der Waals surface area contributed by atoms with Gasteiger partial charge >= 0.3 is 5.97 Å². The molecule has 112 valence electrons. The van der Waals surface area contributed by atoms with Crippen molar-refractivity contribution in [2.75, 3.05) is 6.54 Å². The number of amides is 1. The second-order valence-electron chi connectivity index (χ2n) is 5.17. The van der Waals surface area contributed by atoms with Gasteiger partial charge in [0.05, 0.1) is 0 Å². The first-order chi connectivity index (χ1) is 9.84. The Morgan fingerprint density at radius 3 is 2.86 bits per heavy atom. The quantitative estimate of drug-likeness (QED) is 0.847. The summed E-state index contributed by atoms with van der Waals surface area (Å²) in [5.74, 6) is -1.88. The Morgan fingerprint density at radius 1 is 1.48 bits per heavy atom. The number of rotatable bonds is 3. The molecule has 1 unspecified atom stereocenters. The van der Waals surface area contributed by atoms with Crippen LogP contribution < -0.4 is 0 Å². The van der Waals surface area contributed by atoms with Gasteiger partial charge in [-0.15, -0.1) is 0 Å². The molecule has 1 atom stereocenters. The first-order valence-electron chi connectivity index (χ1n) is 6.53. The summed E-state index contributed by atoms with van der Waals surface area (Å²) in [6.07, 6.45) is 3.65. The molecule has 6 heteroatoms. The van der Waals surface area contributed by atoms with Crippen LogP contribution in [0.1, 0.15) is 25.3 Å². The summed E-state index contributed by atoms with van der Waals surface area (Å²) in [6, 6.07) is 4.42. The highest BCUT2D eigenvalue weighted by Gasteiger charge is 2.45. The molecule has 1 heterocycles. The molecule has 1 aliphatic rings. The number of halogens is 2. The monoisotopic (exact) mass is 355 g/mol. The Kier molecular flexibility index (Phi) is 4.46. The third-order valence-corrected chi connectivity index (χ3v) is 4.22. The van der Waals surface area contributed by atoms with Crippen molar-refractivity contribution in [3.05, 3.63) is 40.1 Å². The molecule has 1 fully saturated rings. The Morgan fingerprint density at radius 2 is 2.19 bits per heavy atom. The van der Waals surface area contributed by atoms with Crippen LogP contribution in [0.3, 0.4) is 0 Å². The molecule has 1 aliphatic heterocycles. The zero-order chi connectivity index (χ0) is 15.6. The average molecular weight is 356 g/mol. The van der Waals surface area contributed by atoms with E-state index in [1.807, 2.05) is 0 Å². The first kappa shape index (κ1) is 15.7. The highest BCUT2D eigenvalue weighted by Crippen LogP contribution is 2.29. The molecule has 0 spiro atoms. The Balaban J connectivity index is 2.20. The predicted molar refractivity (Wildman–Crippen MR) is 80.1 cm³/mol. The minimum atomic E-state index is -1.18. The summed E-state index contributed by atoms with van der Waals surface area (Å²) < 4.78 is 14.3. The van der Waals surface area contributed by atoms with E-state index in [1.54, 1.807) is 12.1 Å². The second-order valence-corrected chi connectivity index (χ2v) is 6.09.